The zero-order valence-corrected chi connectivity index (χ0v) is 20.1. The number of oxazole rings is 1. The van der Waals surface area contributed by atoms with Crippen molar-refractivity contribution in [2.75, 3.05) is 12.4 Å². The summed E-state index contributed by atoms with van der Waals surface area (Å²) in [6.07, 6.45) is 8.29. The van der Waals surface area contributed by atoms with Gasteiger partial charge in [0.2, 0.25) is 11.8 Å². The van der Waals surface area contributed by atoms with Gasteiger partial charge in [0.15, 0.2) is 10.7 Å². The first-order chi connectivity index (χ1) is 16.5. The maximum absolute atomic E-state index is 13.0. The van der Waals surface area contributed by atoms with Gasteiger partial charge in [0.1, 0.15) is 11.3 Å². The van der Waals surface area contributed by atoms with Crippen LogP contribution in [0.4, 0.5) is 5.69 Å². The van der Waals surface area contributed by atoms with Gasteiger partial charge in [-0.3, -0.25) is 4.79 Å². The van der Waals surface area contributed by atoms with Gasteiger partial charge in [-0.1, -0.05) is 12.1 Å². The van der Waals surface area contributed by atoms with E-state index in [1.807, 2.05) is 42.5 Å². The number of benzene rings is 2. The first kappa shape index (κ1) is 21.6. The number of methoxy groups -OCH3 is 1. The number of fused-ring (bicyclic) bond motifs is 1. The van der Waals surface area contributed by atoms with Crippen LogP contribution >= 0.6 is 12.2 Å². The van der Waals surface area contributed by atoms with E-state index in [4.69, 9.17) is 21.4 Å². The molecule has 4 aliphatic rings. The Bertz CT molecular complexity index is 1200. The molecule has 1 amide bonds. The second-order valence-corrected chi connectivity index (χ2v) is 10.9. The number of para-hydroxylation sites is 2. The van der Waals surface area contributed by atoms with E-state index in [0.29, 0.717) is 23.7 Å². The third-order valence-corrected chi connectivity index (χ3v) is 8.15. The summed E-state index contributed by atoms with van der Waals surface area (Å²) in [4.78, 5) is 17.5. The van der Waals surface area contributed by atoms with E-state index in [-0.39, 0.29) is 16.4 Å². The Balaban J connectivity index is 1.15. The van der Waals surface area contributed by atoms with Crippen molar-refractivity contribution in [1.29, 1.82) is 0 Å². The van der Waals surface area contributed by atoms with Gasteiger partial charge >= 0.3 is 0 Å². The van der Waals surface area contributed by atoms with Gasteiger partial charge in [-0.15, -0.1) is 0 Å². The fourth-order valence-corrected chi connectivity index (χ4v) is 7.33. The topological polar surface area (TPSA) is 76.4 Å². The zero-order valence-electron chi connectivity index (χ0n) is 19.3. The number of nitrogens with zero attached hydrogens (tertiary/aromatic N) is 1. The number of thiocarbonyl (C=S) groups is 1. The molecular formula is C27H29N3O3S. The third kappa shape index (κ3) is 4.06. The molecule has 3 aromatic rings. The Labute approximate surface area is 204 Å². The van der Waals surface area contributed by atoms with Crippen molar-refractivity contribution in [1.82, 2.24) is 10.3 Å². The van der Waals surface area contributed by atoms with Crippen LogP contribution in [-0.2, 0) is 4.79 Å². The van der Waals surface area contributed by atoms with Gasteiger partial charge < -0.3 is 19.8 Å². The predicted octanol–water partition coefficient (Wildman–Crippen LogP) is 5.92. The van der Waals surface area contributed by atoms with Gasteiger partial charge in [-0.05, 0) is 104 Å². The molecule has 0 unspecified atom stereocenters. The van der Waals surface area contributed by atoms with Crippen LogP contribution in [0.15, 0.2) is 46.9 Å². The molecule has 0 spiro atoms. The molecule has 4 aliphatic carbocycles. The Kier molecular flexibility index (Phi) is 5.32. The van der Waals surface area contributed by atoms with Crippen molar-refractivity contribution in [3.05, 3.63) is 42.5 Å². The monoisotopic (exact) mass is 475 g/mol. The summed E-state index contributed by atoms with van der Waals surface area (Å²) in [6, 6.07) is 13.3. The molecule has 0 saturated heterocycles. The van der Waals surface area contributed by atoms with Crippen LogP contribution in [0.3, 0.4) is 0 Å². The Morgan fingerprint density at radius 1 is 1.12 bits per heavy atom. The zero-order chi connectivity index (χ0) is 23.3. The molecule has 7 rings (SSSR count). The third-order valence-electron chi connectivity index (χ3n) is 7.94. The van der Waals surface area contributed by atoms with E-state index in [1.54, 1.807) is 7.11 Å². The smallest absolute Gasteiger partial charge is 0.227 e. The van der Waals surface area contributed by atoms with E-state index in [2.05, 4.69) is 15.6 Å². The van der Waals surface area contributed by atoms with Crippen molar-refractivity contribution in [3.8, 4) is 17.2 Å². The highest BCUT2D eigenvalue weighted by atomic mass is 32.1. The minimum Gasteiger partial charge on any atom is -0.495 e. The molecule has 4 fully saturated rings. The minimum absolute atomic E-state index is 0.00789. The molecule has 2 N–H and O–H groups in total. The number of carbonyl (C=O) groups is 1. The molecule has 4 saturated carbocycles. The lowest BCUT2D eigenvalue weighted by Gasteiger charge is -2.56. The van der Waals surface area contributed by atoms with Crippen molar-refractivity contribution >= 4 is 40.0 Å². The minimum atomic E-state index is 0.00789. The average molecular weight is 476 g/mol. The van der Waals surface area contributed by atoms with Crippen LogP contribution in [0.25, 0.3) is 22.6 Å². The number of rotatable bonds is 5. The summed E-state index contributed by atoms with van der Waals surface area (Å²) in [6.45, 7) is 0. The fourth-order valence-electron chi connectivity index (χ4n) is 7.11. The van der Waals surface area contributed by atoms with Crippen LogP contribution in [0.2, 0.25) is 0 Å². The summed E-state index contributed by atoms with van der Waals surface area (Å²) < 4.78 is 11.4. The summed E-state index contributed by atoms with van der Waals surface area (Å²) in [7, 11) is 1.61. The van der Waals surface area contributed by atoms with E-state index in [0.717, 1.165) is 34.4 Å². The Morgan fingerprint density at radius 3 is 2.50 bits per heavy atom. The van der Waals surface area contributed by atoms with Gasteiger partial charge in [0, 0.05) is 12.0 Å². The van der Waals surface area contributed by atoms with Crippen molar-refractivity contribution in [2.45, 2.75) is 44.9 Å². The molecule has 1 heterocycles. The number of nitrogens with one attached hydrogen (secondary N) is 2. The standard InChI is InChI=1S/C27H29N3O3S/c1-32-22-7-6-19(25-28-20-4-2-3-5-23(20)33-25)11-21(22)29-26(34)30-24(31)15-27-12-16-8-17(13-27)10-18(9-16)14-27/h2-7,11,16-18H,8-10,12-15H2,1H3,(H2,29,30,31,34). The predicted molar refractivity (Wildman–Crippen MR) is 136 cm³/mol. The largest absolute Gasteiger partial charge is 0.495 e. The summed E-state index contributed by atoms with van der Waals surface area (Å²) in [5.74, 6) is 3.61. The number of amides is 1. The quantitative estimate of drug-likeness (QED) is 0.446. The SMILES string of the molecule is COc1ccc(-c2nc3ccccc3o2)cc1NC(=S)NC(=O)CC12CC3CC(CC(C3)C1)C2. The molecule has 34 heavy (non-hydrogen) atoms. The number of hydrogen-bond donors (Lipinski definition) is 2. The Morgan fingerprint density at radius 2 is 1.82 bits per heavy atom. The molecule has 0 atom stereocenters. The highest BCUT2D eigenvalue weighted by molar-refractivity contribution is 7.80. The van der Waals surface area contributed by atoms with Gasteiger partial charge in [-0.25, -0.2) is 4.98 Å². The second-order valence-electron chi connectivity index (χ2n) is 10.5. The number of hydrogen-bond acceptors (Lipinski definition) is 5. The highest BCUT2D eigenvalue weighted by Gasteiger charge is 2.51. The number of aromatic nitrogens is 1. The summed E-state index contributed by atoms with van der Waals surface area (Å²) in [5.41, 5.74) is 3.16. The van der Waals surface area contributed by atoms with Crippen molar-refractivity contribution < 1.29 is 13.9 Å². The number of ether oxygens (including phenoxy) is 1. The molecule has 0 radical (unpaired) electrons. The Hall–Kier alpha value is -2.93. The molecule has 176 valence electrons. The maximum atomic E-state index is 13.0. The van der Waals surface area contributed by atoms with Crippen LogP contribution in [-0.4, -0.2) is 23.1 Å². The summed E-state index contributed by atoms with van der Waals surface area (Å²) >= 11 is 5.50. The number of carbonyl (C=O) groups excluding carboxylic acids is 1. The molecule has 7 heteroatoms. The van der Waals surface area contributed by atoms with E-state index >= 15 is 0 Å². The highest BCUT2D eigenvalue weighted by Crippen LogP contribution is 2.61. The lowest BCUT2D eigenvalue weighted by atomic mass is 9.49. The van der Waals surface area contributed by atoms with Gasteiger partial charge in [0.05, 0.1) is 12.8 Å². The van der Waals surface area contributed by atoms with Crippen LogP contribution < -0.4 is 15.4 Å². The van der Waals surface area contributed by atoms with Crippen LogP contribution in [0, 0.1) is 23.2 Å². The van der Waals surface area contributed by atoms with Crippen molar-refractivity contribution in [2.24, 2.45) is 23.2 Å². The number of anilines is 1. The molecule has 2 aromatic carbocycles. The van der Waals surface area contributed by atoms with E-state index in [9.17, 15) is 4.79 Å². The van der Waals surface area contributed by atoms with E-state index < -0.39 is 0 Å². The second kappa shape index (κ2) is 8.38. The first-order valence-electron chi connectivity index (χ1n) is 12.1. The molecule has 4 bridgehead atoms. The lowest BCUT2D eigenvalue weighted by molar-refractivity contribution is -0.127. The lowest BCUT2D eigenvalue weighted by Crippen LogP contribution is -2.48. The fraction of sp³-hybridized carbons (Fsp3) is 0.444. The van der Waals surface area contributed by atoms with Gasteiger partial charge in [-0.2, -0.15) is 0 Å². The van der Waals surface area contributed by atoms with Gasteiger partial charge in [0.25, 0.3) is 0 Å². The normalized spacial score (nSPS) is 27.0. The van der Waals surface area contributed by atoms with Crippen LogP contribution in [0.5, 0.6) is 5.75 Å². The van der Waals surface area contributed by atoms with E-state index in [1.165, 1.54) is 38.5 Å². The summed E-state index contributed by atoms with van der Waals surface area (Å²) in [5, 5.41) is 6.35. The molecule has 6 nitrogen and oxygen atoms in total. The van der Waals surface area contributed by atoms with Crippen LogP contribution in [0.1, 0.15) is 44.9 Å². The molecule has 0 aliphatic heterocycles. The molecular weight excluding hydrogens is 446 g/mol. The maximum Gasteiger partial charge on any atom is 0.227 e. The average Bonchev–Trinajstić information content (AvgIpc) is 3.22. The first-order valence-corrected chi connectivity index (χ1v) is 12.5. The van der Waals surface area contributed by atoms with Crippen molar-refractivity contribution in [3.63, 3.8) is 0 Å². The molecule has 1 aromatic heterocycles.